The molecule has 2 aromatic heterocycles. The normalized spacial score (nSPS) is 17.7. The van der Waals surface area contributed by atoms with Gasteiger partial charge in [-0.05, 0) is 31.1 Å². The Morgan fingerprint density at radius 3 is 2.56 bits per heavy atom. The number of fused-ring (bicyclic) bond motifs is 1. The largest absolute Gasteiger partial charge is 0.391 e. The van der Waals surface area contributed by atoms with Gasteiger partial charge >= 0.3 is 0 Å². The number of rotatable bonds is 4. The minimum Gasteiger partial charge on any atom is -0.391 e. The summed E-state index contributed by atoms with van der Waals surface area (Å²) in [6.07, 6.45) is 8.97. The van der Waals surface area contributed by atoms with Gasteiger partial charge in [0.25, 0.3) is 0 Å². The fraction of sp³-hybridized carbons (Fsp3) is 0.400. The van der Waals surface area contributed by atoms with Crippen LogP contribution in [0.4, 0.5) is 5.82 Å². The van der Waals surface area contributed by atoms with Gasteiger partial charge in [-0.15, -0.1) is 0 Å². The number of nitrogens with one attached hydrogen (secondary N) is 1. The van der Waals surface area contributed by atoms with Gasteiger partial charge in [0.05, 0.1) is 17.8 Å². The van der Waals surface area contributed by atoms with Crippen molar-refractivity contribution in [2.24, 2.45) is 0 Å². The predicted molar refractivity (Wildman–Crippen MR) is 105 cm³/mol. The summed E-state index contributed by atoms with van der Waals surface area (Å²) in [5.74, 6) is 0.495. The molecule has 1 aliphatic heterocycles. The zero-order valence-corrected chi connectivity index (χ0v) is 15.5. The Labute approximate surface area is 149 Å². The van der Waals surface area contributed by atoms with Crippen molar-refractivity contribution < 1.29 is 5.11 Å². The monoisotopic (exact) mass is 340 g/mol. The Morgan fingerprint density at radius 1 is 1.20 bits per heavy atom. The lowest BCUT2D eigenvalue weighted by Gasteiger charge is -2.26. The van der Waals surface area contributed by atoms with Gasteiger partial charge in [-0.3, -0.25) is 4.98 Å². The lowest BCUT2D eigenvalue weighted by Crippen LogP contribution is -2.37. The van der Waals surface area contributed by atoms with E-state index in [-0.39, 0.29) is 12.1 Å². The van der Waals surface area contributed by atoms with Gasteiger partial charge in [-0.1, -0.05) is 33.3 Å². The van der Waals surface area contributed by atoms with E-state index in [0.717, 1.165) is 40.5 Å². The molecular formula is C20H28N4O. The van der Waals surface area contributed by atoms with Crippen LogP contribution in [-0.2, 0) is 0 Å². The molecule has 5 heteroatoms. The van der Waals surface area contributed by atoms with Gasteiger partial charge in [0.1, 0.15) is 5.82 Å². The van der Waals surface area contributed by atoms with Crippen LogP contribution in [-0.4, -0.2) is 27.2 Å². The minimum atomic E-state index is -0.371. The summed E-state index contributed by atoms with van der Waals surface area (Å²) in [6, 6.07) is 3.79. The molecule has 0 saturated carbocycles. The summed E-state index contributed by atoms with van der Waals surface area (Å²) in [7, 11) is 0. The highest BCUT2D eigenvalue weighted by Gasteiger charge is 2.20. The van der Waals surface area contributed by atoms with Gasteiger partial charge in [-0.25, -0.2) is 4.98 Å². The molecule has 1 aliphatic rings. The molecule has 0 aromatic carbocycles. The first-order valence-corrected chi connectivity index (χ1v) is 8.93. The molecule has 4 N–H and O–H groups in total. The zero-order chi connectivity index (χ0) is 18.4. The van der Waals surface area contributed by atoms with E-state index in [2.05, 4.69) is 28.3 Å². The van der Waals surface area contributed by atoms with Crippen LogP contribution in [0.5, 0.6) is 0 Å². The second kappa shape index (κ2) is 8.62. The molecule has 0 spiro atoms. The van der Waals surface area contributed by atoms with Crippen molar-refractivity contribution in [2.45, 2.75) is 52.7 Å². The molecule has 0 saturated heterocycles. The van der Waals surface area contributed by atoms with Crippen LogP contribution in [0, 0.1) is 0 Å². The number of hydrogen-bond acceptors (Lipinski definition) is 5. The second-order valence-electron chi connectivity index (χ2n) is 5.98. The molecule has 2 unspecified atom stereocenters. The van der Waals surface area contributed by atoms with Gasteiger partial charge in [-0.2, -0.15) is 0 Å². The third-order valence-corrected chi connectivity index (χ3v) is 4.17. The van der Waals surface area contributed by atoms with Crippen molar-refractivity contribution in [2.75, 3.05) is 5.73 Å². The van der Waals surface area contributed by atoms with Crippen molar-refractivity contribution in [3.63, 3.8) is 0 Å². The van der Waals surface area contributed by atoms with E-state index in [1.807, 2.05) is 45.3 Å². The maximum Gasteiger partial charge on any atom is 0.123 e. The summed E-state index contributed by atoms with van der Waals surface area (Å²) >= 11 is 0. The van der Waals surface area contributed by atoms with Crippen molar-refractivity contribution in [1.82, 2.24) is 15.3 Å². The Morgan fingerprint density at radius 2 is 1.88 bits per heavy atom. The van der Waals surface area contributed by atoms with E-state index in [0.29, 0.717) is 5.82 Å². The first kappa shape index (κ1) is 18.9. The van der Waals surface area contributed by atoms with Crippen molar-refractivity contribution in [1.29, 1.82) is 0 Å². The van der Waals surface area contributed by atoms with Crippen LogP contribution in [0.15, 0.2) is 42.4 Å². The number of dihydropyridines is 1. The maximum atomic E-state index is 10.1. The molecule has 0 amide bonds. The van der Waals surface area contributed by atoms with E-state index in [1.165, 1.54) is 0 Å². The molecule has 0 bridgehead atoms. The van der Waals surface area contributed by atoms with Crippen molar-refractivity contribution in [3.05, 3.63) is 48.1 Å². The molecule has 2 atom stereocenters. The van der Waals surface area contributed by atoms with Crippen LogP contribution in [0.1, 0.15) is 46.2 Å². The van der Waals surface area contributed by atoms with E-state index in [1.54, 1.807) is 6.20 Å². The predicted octanol–water partition coefficient (Wildman–Crippen LogP) is 3.66. The lowest BCUT2D eigenvalue weighted by molar-refractivity contribution is 0.140. The zero-order valence-electron chi connectivity index (χ0n) is 15.5. The molecule has 5 nitrogen and oxygen atoms in total. The number of aromatic nitrogens is 2. The molecular weight excluding hydrogens is 312 g/mol. The average Bonchev–Trinajstić information content (AvgIpc) is 2.63. The number of allylic oxidation sites excluding steroid dienone is 2. The number of nitrogens with two attached hydrogens (primary N) is 1. The minimum absolute atomic E-state index is 0.0411. The topological polar surface area (TPSA) is 84.1 Å². The van der Waals surface area contributed by atoms with Gasteiger partial charge in [0.15, 0.2) is 0 Å². The number of pyridine rings is 2. The first-order chi connectivity index (χ1) is 12.1. The summed E-state index contributed by atoms with van der Waals surface area (Å²) in [6.45, 7) is 8.12. The number of nitrogens with zero attached hydrogens (tertiary/aromatic N) is 2. The molecule has 25 heavy (non-hydrogen) atoms. The standard InChI is InChI=1S/C18H22N4O.C2H6/c1-3-4-17(23)16-5-11(2)14(10-21-16)15-6-12-9-22-18(19)7-13(12)8-20-15;1-2/h5-10,16-17,21,23H,3-4H2,1-2H3,(H2,19,22);1-2H3. The van der Waals surface area contributed by atoms with Crippen molar-refractivity contribution in [3.8, 4) is 0 Å². The van der Waals surface area contributed by atoms with Gasteiger partial charge in [0, 0.05) is 34.9 Å². The first-order valence-electron chi connectivity index (χ1n) is 8.93. The Bertz CT molecular complexity index is 782. The maximum absolute atomic E-state index is 10.1. The van der Waals surface area contributed by atoms with Crippen molar-refractivity contribution >= 4 is 22.2 Å². The van der Waals surface area contributed by atoms with Crippen LogP contribution < -0.4 is 11.1 Å². The highest BCUT2D eigenvalue weighted by molar-refractivity contribution is 5.87. The molecule has 3 heterocycles. The summed E-state index contributed by atoms with van der Waals surface area (Å²) in [5, 5.41) is 15.4. The number of aliphatic hydroxyl groups excluding tert-OH is 1. The Balaban J connectivity index is 0.00000109. The number of anilines is 1. The fourth-order valence-corrected chi connectivity index (χ4v) is 2.88. The number of hydrogen-bond donors (Lipinski definition) is 3. The third-order valence-electron chi connectivity index (χ3n) is 4.17. The average molecular weight is 340 g/mol. The van der Waals surface area contributed by atoms with E-state index in [9.17, 15) is 5.11 Å². The highest BCUT2D eigenvalue weighted by Crippen LogP contribution is 2.27. The molecule has 3 rings (SSSR count). The van der Waals surface area contributed by atoms with E-state index in [4.69, 9.17) is 5.73 Å². The summed E-state index contributed by atoms with van der Waals surface area (Å²) in [4.78, 5) is 8.67. The third kappa shape index (κ3) is 4.37. The quantitative estimate of drug-likeness (QED) is 0.791. The lowest BCUT2D eigenvalue weighted by atomic mass is 9.95. The fourth-order valence-electron chi connectivity index (χ4n) is 2.88. The van der Waals surface area contributed by atoms with Gasteiger partial charge < -0.3 is 16.2 Å². The van der Waals surface area contributed by atoms with Crippen LogP contribution >= 0.6 is 0 Å². The van der Waals surface area contributed by atoms with Gasteiger partial charge in [0.2, 0.25) is 0 Å². The van der Waals surface area contributed by atoms with E-state index >= 15 is 0 Å². The molecule has 0 radical (unpaired) electrons. The summed E-state index contributed by atoms with van der Waals surface area (Å²) in [5.41, 5.74) is 8.73. The molecule has 2 aromatic rings. The number of aliphatic hydroxyl groups is 1. The summed E-state index contributed by atoms with van der Waals surface area (Å²) < 4.78 is 0. The second-order valence-corrected chi connectivity index (χ2v) is 5.98. The molecule has 0 fully saturated rings. The Kier molecular flexibility index (Phi) is 6.53. The van der Waals surface area contributed by atoms with E-state index < -0.39 is 0 Å². The van der Waals surface area contributed by atoms with Crippen LogP contribution in [0.2, 0.25) is 0 Å². The SMILES string of the molecule is CC.CCCC(O)C1C=C(C)C(c2cc3cnc(N)cc3cn2)=CN1. The Hall–Kier alpha value is -2.40. The molecule has 0 aliphatic carbocycles. The highest BCUT2D eigenvalue weighted by atomic mass is 16.3. The smallest absolute Gasteiger partial charge is 0.123 e. The van der Waals surface area contributed by atoms with Crippen LogP contribution in [0.3, 0.4) is 0 Å². The molecule has 134 valence electrons. The number of nitrogen functional groups attached to an aromatic ring is 1. The van der Waals surface area contributed by atoms with Crippen LogP contribution in [0.25, 0.3) is 16.3 Å².